The van der Waals surface area contributed by atoms with Crippen LogP contribution >= 0.6 is 11.8 Å². The summed E-state index contributed by atoms with van der Waals surface area (Å²) in [5.41, 5.74) is 0.484. The molecule has 1 heterocycles. The molecule has 3 nitrogen and oxygen atoms in total. The first-order valence-electron chi connectivity index (χ1n) is 4.15. The molecule has 1 amide bonds. The lowest BCUT2D eigenvalue weighted by molar-refractivity contribution is -0.113. The topological polar surface area (TPSA) is 44.2 Å². The Morgan fingerprint density at radius 3 is 2.40 bits per heavy atom. The van der Waals surface area contributed by atoms with E-state index in [0.29, 0.717) is 10.6 Å². The SMILES string of the molecule is C=C1SC(=N)N(c2ccc(F)cc2)C1=O. The molecule has 0 bridgehead atoms. The number of hydrogen-bond donors (Lipinski definition) is 1. The van der Waals surface area contributed by atoms with Gasteiger partial charge in [-0.1, -0.05) is 6.58 Å². The van der Waals surface area contributed by atoms with Crippen LogP contribution in [0.15, 0.2) is 35.7 Å². The van der Waals surface area contributed by atoms with E-state index >= 15 is 0 Å². The fourth-order valence-electron chi connectivity index (χ4n) is 1.25. The fourth-order valence-corrected chi connectivity index (χ4v) is 1.94. The molecule has 1 N–H and O–H groups in total. The van der Waals surface area contributed by atoms with Crippen molar-refractivity contribution in [3.05, 3.63) is 41.6 Å². The smallest absolute Gasteiger partial charge is 0.270 e. The normalized spacial score (nSPS) is 16.3. The van der Waals surface area contributed by atoms with Crippen LogP contribution in [0.5, 0.6) is 0 Å². The monoisotopic (exact) mass is 222 g/mol. The number of thioether (sulfide) groups is 1. The maximum absolute atomic E-state index is 12.7. The Morgan fingerprint density at radius 1 is 1.33 bits per heavy atom. The van der Waals surface area contributed by atoms with Crippen molar-refractivity contribution in [1.29, 1.82) is 5.41 Å². The second-order valence-corrected chi connectivity index (χ2v) is 4.03. The van der Waals surface area contributed by atoms with Crippen LogP contribution in [-0.2, 0) is 4.79 Å². The number of rotatable bonds is 1. The van der Waals surface area contributed by atoms with Gasteiger partial charge < -0.3 is 0 Å². The average Bonchev–Trinajstić information content (AvgIpc) is 2.44. The van der Waals surface area contributed by atoms with Crippen molar-refractivity contribution < 1.29 is 9.18 Å². The van der Waals surface area contributed by atoms with E-state index in [1.807, 2.05) is 0 Å². The summed E-state index contributed by atoms with van der Waals surface area (Å²) in [5, 5.41) is 7.67. The van der Waals surface area contributed by atoms with E-state index in [9.17, 15) is 9.18 Å². The lowest BCUT2D eigenvalue weighted by Crippen LogP contribution is -2.27. The first-order valence-corrected chi connectivity index (χ1v) is 4.96. The van der Waals surface area contributed by atoms with E-state index in [2.05, 4.69) is 6.58 Å². The molecular weight excluding hydrogens is 215 g/mol. The Hall–Kier alpha value is -1.62. The van der Waals surface area contributed by atoms with Crippen LogP contribution in [0, 0.1) is 11.2 Å². The van der Waals surface area contributed by atoms with E-state index in [1.165, 1.54) is 29.2 Å². The van der Waals surface area contributed by atoms with E-state index < -0.39 is 0 Å². The Labute approximate surface area is 90.1 Å². The maximum Gasteiger partial charge on any atom is 0.270 e. The van der Waals surface area contributed by atoms with Gasteiger partial charge in [0.15, 0.2) is 5.17 Å². The van der Waals surface area contributed by atoms with Crippen molar-refractivity contribution >= 4 is 28.5 Å². The van der Waals surface area contributed by atoms with Crippen molar-refractivity contribution in [2.24, 2.45) is 0 Å². The number of nitrogens with one attached hydrogen (secondary N) is 1. The minimum atomic E-state index is -0.372. The molecule has 1 saturated heterocycles. The Morgan fingerprint density at radius 2 is 1.93 bits per heavy atom. The summed E-state index contributed by atoms with van der Waals surface area (Å²) in [6.45, 7) is 3.54. The Balaban J connectivity index is 2.39. The molecule has 0 aromatic heterocycles. The van der Waals surface area contributed by atoms with E-state index in [0.717, 1.165) is 11.8 Å². The number of amides is 1. The third kappa shape index (κ3) is 1.66. The van der Waals surface area contributed by atoms with E-state index in [-0.39, 0.29) is 16.9 Å². The molecule has 1 fully saturated rings. The molecular formula is C10H7FN2OS. The summed E-state index contributed by atoms with van der Waals surface area (Å²) in [5.74, 6) is -0.694. The maximum atomic E-state index is 12.7. The molecule has 0 radical (unpaired) electrons. The molecule has 0 unspecified atom stereocenters. The number of anilines is 1. The van der Waals surface area contributed by atoms with Gasteiger partial charge in [0.1, 0.15) is 5.82 Å². The minimum Gasteiger partial charge on any atom is -0.278 e. The number of amidine groups is 1. The van der Waals surface area contributed by atoms with Gasteiger partial charge in [-0.05, 0) is 36.0 Å². The van der Waals surface area contributed by atoms with Gasteiger partial charge in [0, 0.05) is 0 Å². The molecule has 5 heteroatoms. The largest absolute Gasteiger partial charge is 0.278 e. The van der Waals surface area contributed by atoms with Gasteiger partial charge >= 0.3 is 0 Å². The number of carbonyl (C=O) groups is 1. The highest BCUT2D eigenvalue weighted by Crippen LogP contribution is 2.32. The Bertz CT molecular complexity index is 455. The number of benzene rings is 1. The first-order chi connectivity index (χ1) is 7.09. The number of nitrogens with zero attached hydrogens (tertiary/aromatic N) is 1. The van der Waals surface area contributed by atoms with Gasteiger partial charge in [-0.15, -0.1) is 0 Å². The van der Waals surface area contributed by atoms with Crippen molar-refractivity contribution in [1.82, 2.24) is 0 Å². The second kappa shape index (κ2) is 3.51. The molecule has 1 aliphatic heterocycles. The van der Waals surface area contributed by atoms with Crippen LogP contribution < -0.4 is 4.90 Å². The van der Waals surface area contributed by atoms with Crippen molar-refractivity contribution in [3.8, 4) is 0 Å². The second-order valence-electron chi connectivity index (χ2n) is 2.95. The number of carbonyl (C=O) groups excluding carboxylic acids is 1. The lowest BCUT2D eigenvalue weighted by atomic mass is 10.3. The van der Waals surface area contributed by atoms with Crippen LogP contribution in [0.25, 0.3) is 0 Å². The van der Waals surface area contributed by atoms with Crippen LogP contribution in [0.3, 0.4) is 0 Å². The molecule has 2 rings (SSSR count). The lowest BCUT2D eigenvalue weighted by Gasteiger charge is -2.13. The molecule has 15 heavy (non-hydrogen) atoms. The zero-order valence-corrected chi connectivity index (χ0v) is 8.47. The van der Waals surface area contributed by atoms with Crippen LogP contribution in [0.4, 0.5) is 10.1 Å². The predicted molar refractivity (Wildman–Crippen MR) is 58.3 cm³/mol. The summed E-state index contributed by atoms with van der Waals surface area (Å²) >= 11 is 1.01. The summed E-state index contributed by atoms with van der Waals surface area (Å²) in [4.78, 5) is 13.1. The molecule has 0 aliphatic carbocycles. The van der Waals surface area contributed by atoms with Crippen LogP contribution in [0.2, 0.25) is 0 Å². The molecule has 1 aromatic rings. The number of hydrogen-bond acceptors (Lipinski definition) is 3. The average molecular weight is 222 g/mol. The summed E-state index contributed by atoms with van der Waals surface area (Å²) in [6, 6.07) is 5.42. The molecule has 0 spiro atoms. The first kappa shape index (κ1) is 9.92. The standard InChI is InChI=1S/C10H7FN2OS/c1-6-9(14)13(10(12)15-6)8-4-2-7(11)3-5-8/h2-5,12H,1H2. The third-order valence-electron chi connectivity index (χ3n) is 1.95. The Kier molecular flexibility index (Phi) is 2.32. The molecule has 76 valence electrons. The van der Waals surface area contributed by atoms with Crippen molar-refractivity contribution in [3.63, 3.8) is 0 Å². The summed E-state index contributed by atoms with van der Waals surface area (Å²) in [6.07, 6.45) is 0. The van der Waals surface area contributed by atoms with Crippen molar-refractivity contribution in [2.75, 3.05) is 4.90 Å². The molecule has 1 aliphatic rings. The quantitative estimate of drug-likeness (QED) is 0.741. The van der Waals surface area contributed by atoms with Gasteiger partial charge in [0.2, 0.25) is 0 Å². The highest BCUT2D eigenvalue weighted by molar-refractivity contribution is 8.19. The van der Waals surface area contributed by atoms with E-state index in [1.54, 1.807) is 0 Å². The van der Waals surface area contributed by atoms with Gasteiger partial charge in [0.05, 0.1) is 10.6 Å². The van der Waals surface area contributed by atoms with Gasteiger partial charge in [-0.25, -0.2) is 4.39 Å². The third-order valence-corrected chi connectivity index (χ3v) is 2.75. The highest BCUT2D eigenvalue weighted by Gasteiger charge is 2.31. The highest BCUT2D eigenvalue weighted by atomic mass is 32.2. The number of halogens is 1. The molecule has 0 saturated carbocycles. The summed E-state index contributed by atoms with van der Waals surface area (Å²) < 4.78 is 12.7. The molecule has 1 aromatic carbocycles. The fraction of sp³-hybridized carbons (Fsp3) is 0. The van der Waals surface area contributed by atoms with Gasteiger partial charge in [-0.2, -0.15) is 0 Å². The minimum absolute atomic E-state index is 0.0941. The zero-order chi connectivity index (χ0) is 11.0. The summed E-state index contributed by atoms with van der Waals surface area (Å²) in [7, 11) is 0. The molecule has 0 atom stereocenters. The van der Waals surface area contributed by atoms with E-state index in [4.69, 9.17) is 5.41 Å². The van der Waals surface area contributed by atoms with Gasteiger partial charge in [-0.3, -0.25) is 15.1 Å². The predicted octanol–water partition coefficient (Wildman–Crippen LogP) is 2.35. The van der Waals surface area contributed by atoms with Crippen LogP contribution in [0.1, 0.15) is 0 Å². The van der Waals surface area contributed by atoms with Crippen molar-refractivity contribution in [2.45, 2.75) is 0 Å². The van der Waals surface area contributed by atoms with Gasteiger partial charge in [0.25, 0.3) is 5.91 Å². The zero-order valence-electron chi connectivity index (χ0n) is 7.66. The van der Waals surface area contributed by atoms with Crippen LogP contribution in [-0.4, -0.2) is 11.1 Å².